The minimum absolute atomic E-state index is 0.0591. The van der Waals surface area contributed by atoms with Gasteiger partial charge in [0.15, 0.2) is 5.79 Å². The lowest BCUT2D eigenvalue weighted by atomic mass is 10.1. The van der Waals surface area contributed by atoms with Gasteiger partial charge in [0.1, 0.15) is 6.10 Å². The fraction of sp³-hybridized carbons (Fsp3) is 0.571. The quantitative estimate of drug-likeness (QED) is 0.257. The van der Waals surface area contributed by atoms with Crippen molar-refractivity contribution < 1.29 is 13.9 Å². The van der Waals surface area contributed by atoms with E-state index in [9.17, 15) is 0 Å². The molecular formula is C28H42O3S2Si. The second kappa shape index (κ2) is 12.0. The van der Waals surface area contributed by atoms with Crippen LogP contribution in [0.25, 0.3) is 0 Å². The van der Waals surface area contributed by atoms with E-state index in [0.29, 0.717) is 11.2 Å². The van der Waals surface area contributed by atoms with Crippen LogP contribution >= 0.6 is 23.5 Å². The second-order valence-corrected chi connectivity index (χ2v) is 17.8. The molecule has 1 aliphatic heterocycles. The van der Waals surface area contributed by atoms with Crippen LogP contribution in [0.4, 0.5) is 0 Å². The zero-order valence-electron chi connectivity index (χ0n) is 21.9. The summed E-state index contributed by atoms with van der Waals surface area (Å²) >= 11 is 4.03. The Hall–Kier alpha value is -0.763. The molecule has 2 aromatic carbocycles. The number of benzene rings is 2. The normalized spacial score (nSPS) is 19.5. The van der Waals surface area contributed by atoms with Crippen LogP contribution in [-0.2, 0) is 13.9 Å². The first-order valence-corrected chi connectivity index (χ1v) is 16.5. The molecule has 2 atom stereocenters. The van der Waals surface area contributed by atoms with Crippen molar-refractivity contribution in [2.75, 3.05) is 18.1 Å². The Morgan fingerprint density at radius 3 is 1.82 bits per heavy atom. The molecule has 1 heterocycles. The number of ether oxygens (including phenoxy) is 2. The molecule has 0 N–H and O–H groups in total. The molecule has 0 aliphatic carbocycles. The van der Waals surface area contributed by atoms with E-state index in [1.807, 2.05) is 37.4 Å². The first-order chi connectivity index (χ1) is 16.1. The molecule has 0 radical (unpaired) electrons. The minimum atomic E-state index is -2.69. The molecule has 0 bridgehead atoms. The van der Waals surface area contributed by atoms with Gasteiger partial charge in [-0.2, -0.15) is 0 Å². The minimum Gasteiger partial charge on any atom is -0.402 e. The molecule has 0 spiro atoms. The smallest absolute Gasteiger partial charge is 0.261 e. The van der Waals surface area contributed by atoms with E-state index < -0.39 is 14.1 Å². The van der Waals surface area contributed by atoms with Gasteiger partial charge >= 0.3 is 0 Å². The molecule has 2 aromatic rings. The third kappa shape index (κ3) is 6.51. The van der Waals surface area contributed by atoms with Crippen LogP contribution in [0.2, 0.25) is 5.04 Å². The highest BCUT2D eigenvalue weighted by atomic mass is 32.2. The van der Waals surface area contributed by atoms with Crippen molar-refractivity contribution in [1.82, 2.24) is 0 Å². The highest BCUT2D eigenvalue weighted by Gasteiger charge is 2.53. The van der Waals surface area contributed by atoms with Gasteiger partial charge in [0.25, 0.3) is 8.32 Å². The lowest BCUT2D eigenvalue weighted by Crippen LogP contribution is -2.68. The van der Waals surface area contributed by atoms with E-state index in [4.69, 9.17) is 13.9 Å². The van der Waals surface area contributed by atoms with Crippen molar-refractivity contribution in [3.05, 3.63) is 60.7 Å². The molecule has 34 heavy (non-hydrogen) atoms. The maximum Gasteiger partial charge on any atom is 0.261 e. The van der Waals surface area contributed by atoms with E-state index in [1.165, 1.54) is 10.4 Å². The van der Waals surface area contributed by atoms with Crippen molar-refractivity contribution in [3.8, 4) is 0 Å². The number of hydrogen-bond acceptors (Lipinski definition) is 5. The summed E-state index contributed by atoms with van der Waals surface area (Å²) in [7, 11) is -2.69. The lowest BCUT2D eigenvalue weighted by Gasteiger charge is -2.46. The zero-order chi connectivity index (χ0) is 24.8. The van der Waals surface area contributed by atoms with Gasteiger partial charge in [0.2, 0.25) is 0 Å². The maximum atomic E-state index is 7.58. The molecule has 1 fully saturated rings. The van der Waals surface area contributed by atoms with Gasteiger partial charge in [-0.05, 0) is 47.2 Å². The van der Waals surface area contributed by atoms with E-state index >= 15 is 0 Å². The number of thioether (sulfide) groups is 2. The average Bonchev–Trinajstić information content (AvgIpc) is 3.17. The molecule has 3 rings (SSSR count). The molecule has 1 saturated heterocycles. The first kappa shape index (κ1) is 27.8. The topological polar surface area (TPSA) is 27.7 Å². The maximum absolute atomic E-state index is 7.58. The Labute approximate surface area is 216 Å². The Bertz CT molecular complexity index is 825. The predicted molar refractivity (Wildman–Crippen MR) is 152 cm³/mol. The summed E-state index contributed by atoms with van der Waals surface area (Å²) in [5.41, 5.74) is 0. The number of rotatable bonds is 11. The summed E-state index contributed by atoms with van der Waals surface area (Å²) in [6.07, 6.45) is 0.788. The van der Waals surface area contributed by atoms with E-state index in [0.717, 1.165) is 17.9 Å². The summed E-state index contributed by atoms with van der Waals surface area (Å²) in [6.45, 7) is 16.1. The lowest BCUT2D eigenvalue weighted by molar-refractivity contribution is -0.149. The Morgan fingerprint density at radius 1 is 0.941 bits per heavy atom. The molecule has 6 heteroatoms. The average molecular weight is 519 g/mol. The van der Waals surface area contributed by atoms with Gasteiger partial charge in [0.05, 0.1) is 17.3 Å². The molecule has 3 nitrogen and oxygen atoms in total. The van der Waals surface area contributed by atoms with Crippen molar-refractivity contribution in [2.45, 2.75) is 82.5 Å². The van der Waals surface area contributed by atoms with Crippen LogP contribution in [0.5, 0.6) is 0 Å². The summed E-state index contributed by atoms with van der Waals surface area (Å²) < 4.78 is 20.5. The first-order valence-electron chi connectivity index (χ1n) is 12.5. The van der Waals surface area contributed by atoms with Gasteiger partial charge < -0.3 is 13.9 Å². The zero-order valence-corrected chi connectivity index (χ0v) is 24.5. The molecular weight excluding hydrogens is 477 g/mol. The van der Waals surface area contributed by atoms with Gasteiger partial charge in [-0.25, -0.2) is 0 Å². The van der Waals surface area contributed by atoms with Crippen molar-refractivity contribution in [3.63, 3.8) is 0 Å². The van der Waals surface area contributed by atoms with Crippen LogP contribution in [0.15, 0.2) is 60.7 Å². The monoisotopic (exact) mass is 518 g/mol. The van der Waals surface area contributed by atoms with Crippen LogP contribution in [0, 0.1) is 0 Å². The standard InChI is InChI=1S/C28H42O3S2Si/c1-8-32-26(33-9-2)20-24(25-21-29-28(6,7)30-25)31-34(27(3,4)5,22-16-12-10-13-17-22)23-18-14-11-15-19-23/h10-19,24-26H,8-9,20-21H2,1-7H3/t24-,25-/m1/s1. The summed E-state index contributed by atoms with van der Waals surface area (Å²) in [5, 5.41) is 2.54. The molecule has 0 aromatic heterocycles. The van der Waals surface area contributed by atoms with Crippen molar-refractivity contribution in [2.24, 2.45) is 0 Å². The third-order valence-electron chi connectivity index (χ3n) is 6.32. The summed E-state index contributed by atoms with van der Waals surface area (Å²) in [4.78, 5) is 0. The fourth-order valence-corrected chi connectivity index (χ4v) is 12.2. The third-order valence-corrected chi connectivity index (χ3v) is 14.0. The van der Waals surface area contributed by atoms with Gasteiger partial charge in [-0.15, -0.1) is 23.5 Å². The molecule has 0 saturated carbocycles. The van der Waals surface area contributed by atoms with E-state index in [1.54, 1.807) is 0 Å². The Morgan fingerprint density at radius 2 is 1.44 bits per heavy atom. The highest BCUT2D eigenvalue weighted by Crippen LogP contribution is 2.41. The van der Waals surface area contributed by atoms with Crippen molar-refractivity contribution >= 4 is 42.2 Å². The van der Waals surface area contributed by atoms with Crippen molar-refractivity contribution in [1.29, 1.82) is 0 Å². The van der Waals surface area contributed by atoms with Gasteiger partial charge in [-0.1, -0.05) is 95.3 Å². The van der Waals surface area contributed by atoms with Crippen LogP contribution < -0.4 is 10.4 Å². The Kier molecular flexibility index (Phi) is 9.80. The molecule has 0 amide bonds. The number of hydrogen-bond donors (Lipinski definition) is 0. The Balaban J connectivity index is 2.12. The summed E-state index contributed by atoms with van der Waals surface area (Å²) in [5.74, 6) is 1.61. The van der Waals surface area contributed by atoms with Crippen LogP contribution in [-0.4, -0.2) is 49.0 Å². The van der Waals surface area contributed by atoms with Gasteiger partial charge in [0, 0.05) is 0 Å². The SMILES string of the molecule is CCSC(C[C@@H](O[Si](c1ccccc1)(c1ccccc1)C(C)(C)C)[C@H]1COC(C)(C)O1)SCC. The van der Waals surface area contributed by atoms with E-state index in [2.05, 4.69) is 95.3 Å². The van der Waals surface area contributed by atoms with Gasteiger partial charge in [-0.3, -0.25) is 0 Å². The highest BCUT2D eigenvalue weighted by molar-refractivity contribution is 8.16. The second-order valence-electron chi connectivity index (χ2n) is 10.3. The fourth-order valence-electron chi connectivity index (χ4n) is 4.84. The summed E-state index contributed by atoms with van der Waals surface area (Å²) in [6, 6.07) is 21.8. The van der Waals surface area contributed by atoms with Crippen LogP contribution in [0.1, 0.15) is 54.9 Å². The van der Waals surface area contributed by atoms with E-state index in [-0.39, 0.29) is 17.2 Å². The molecule has 0 unspecified atom stereocenters. The largest absolute Gasteiger partial charge is 0.402 e. The molecule has 1 aliphatic rings. The van der Waals surface area contributed by atoms with Crippen LogP contribution in [0.3, 0.4) is 0 Å². The predicted octanol–water partition coefficient (Wildman–Crippen LogP) is 6.31. The molecule has 188 valence electrons.